The van der Waals surface area contributed by atoms with E-state index in [1.807, 2.05) is 24.3 Å². The van der Waals surface area contributed by atoms with Gasteiger partial charge in [0, 0.05) is 11.9 Å². The molecule has 102 valence electrons. The van der Waals surface area contributed by atoms with Crippen molar-refractivity contribution >= 4 is 11.0 Å². The van der Waals surface area contributed by atoms with Gasteiger partial charge in [-0.25, -0.2) is 0 Å². The van der Waals surface area contributed by atoms with Crippen LogP contribution in [0.5, 0.6) is 5.75 Å². The lowest BCUT2D eigenvalue weighted by atomic mass is 9.80. The first kappa shape index (κ1) is 12.5. The molecule has 0 saturated heterocycles. The zero-order valence-electron chi connectivity index (χ0n) is 11.1. The Bertz CT molecular complexity index is 572. The number of furan rings is 1. The highest BCUT2D eigenvalue weighted by molar-refractivity contribution is 5.79. The predicted molar refractivity (Wildman–Crippen MR) is 73.3 cm³/mol. The summed E-state index contributed by atoms with van der Waals surface area (Å²) in [5, 5.41) is 14.3. The molecule has 1 aliphatic carbocycles. The first-order chi connectivity index (χ1) is 9.18. The fourth-order valence-corrected chi connectivity index (χ4v) is 2.47. The zero-order chi connectivity index (χ0) is 13.3. The van der Waals surface area contributed by atoms with Crippen molar-refractivity contribution in [3.63, 3.8) is 0 Å². The summed E-state index contributed by atoms with van der Waals surface area (Å²) < 4.78 is 10.9. The molecule has 1 saturated carbocycles. The topological polar surface area (TPSA) is 54.6 Å². The number of methoxy groups -OCH3 is 1. The average molecular weight is 261 g/mol. The van der Waals surface area contributed by atoms with Crippen LogP contribution in [-0.2, 0) is 6.54 Å². The van der Waals surface area contributed by atoms with E-state index in [1.165, 1.54) is 0 Å². The van der Waals surface area contributed by atoms with Gasteiger partial charge in [-0.15, -0.1) is 0 Å². The summed E-state index contributed by atoms with van der Waals surface area (Å²) >= 11 is 0. The molecular weight excluding hydrogens is 242 g/mol. The van der Waals surface area contributed by atoms with Gasteiger partial charge >= 0.3 is 0 Å². The minimum atomic E-state index is -0.491. The number of hydrogen-bond donors (Lipinski definition) is 2. The highest BCUT2D eigenvalue weighted by Gasteiger charge is 2.33. The van der Waals surface area contributed by atoms with E-state index in [0.717, 1.165) is 41.7 Å². The molecule has 1 aromatic carbocycles. The highest BCUT2D eigenvalue weighted by atomic mass is 16.5. The Morgan fingerprint density at radius 3 is 2.89 bits per heavy atom. The van der Waals surface area contributed by atoms with Gasteiger partial charge in [0.2, 0.25) is 0 Å². The van der Waals surface area contributed by atoms with E-state index in [1.54, 1.807) is 7.11 Å². The van der Waals surface area contributed by atoms with E-state index < -0.39 is 5.60 Å². The van der Waals surface area contributed by atoms with Crippen LogP contribution >= 0.6 is 0 Å². The molecule has 1 heterocycles. The molecule has 0 bridgehead atoms. The van der Waals surface area contributed by atoms with Crippen molar-refractivity contribution < 1.29 is 14.3 Å². The minimum Gasteiger partial charge on any atom is -0.497 e. The molecule has 3 rings (SSSR count). The fourth-order valence-electron chi connectivity index (χ4n) is 2.47. The number of benzene rings is 1. The first-order valence-corrected chi connectivity index (χ1v) is 6.68. The molecule has 0 amide bonds. The van der Waals surface area contributed by atoms with E-state index >= 15 is 0 Å². The maximum absolute atomic E-state index is 9.99. The molecule has 1 fully saturated rings. The summed E-state index contributed by atoms with van der Waals surface area (Å²) in [7, 11) is 1.66. The number of hydrogen-bond acceptors (Lipinski definition) is 4. The van der Waals surface area contributed by atoms with Crippen LogP contribution < -0.4 is 10.1 Å². The van der Waals surface area contributed by atoms with Crippen molar-refractivity contribution in [1.82, 2.24) is 5.32 Å². The molecule has 19 heavy (non-hydrogen) atoms. The summed E-state index contributed by atoms with van der Waals surface area (Å²) in [6.07, 6.45) is 2.93. The first-order valence-electron chi connectivity index (χ1n) is 6.68. The normalized spacial score (nSPS) is 17.4. The van der Waals surface area contributed by atoms with Crippen LogP contribution in [0, 0.1) is 0 Å². The van der Waals surface area contributed by atoms with Crippen molar-refractivity contribution in [2.45, 2.75) is 31.4 Å². The van der Waals surface area contributed by atoms with Crippen LogP contribution in [0.1, 0.15) is 25.0 Å². The molecule has 4 heteroatoms. The molecule has 4 nitrogen and oxygen atoms in total. The lowest BCUT2D eigenvalue weighted by Crippen LogP contribution is -2.45. The van der Waals surface area contributed by atoms with Crippen LogP contribution in [0.2, 0.25) is 0 Å². The quantitative estimate of drug-likeness (QED) is 0.868. The second-order valence-corrected chi connectivity index (χ2v) is 5.30. The standard InChI is InChI=1S/C15H19NO3/c1-18-12-3-4-14-11(7-12)8-13(19-14)9-16-10-15(17)5-2-6-15/h3-4,7-8,16-17H,2,5-6,9-10H2,1H3. The largest absolute Gasteiger partial charge is 0.497 e. The van der Waals surface area contributed by atoms with E-state index in [0.29, 0.717) is 13.1 Å². The third-order valence-corrected chi connectivity index (χ3v) is 3.81. The summed E-state index contributed by atoms with van der Waals surface area (Å²) in [6, 6.07) is 7.77. The van der Waals surface area contributed by atoms with E-state index in [4.69, 9.17) is 9.15 Å². The molecule has 1 aliphatic rings. The third kappa shape index (κ3) is 2.60. The van der Waals surface area contributed by atoms with Crippen molar-refractivity contribution in [2.24, 2.45) is 0 Å². The van der Waals surface area contributed by atoms with E-state index in [9.17, 15) is 5.11 Å². The molecule has 2 aromatic rings. The second kappa shape index (κ2) is 4.87. The number of nitrogens with one attached hydrogen (secondary N) is 1. The summed E-state index contributed by atoms with van der Waals surface area (Å²) in [4.78, 5) is 0. The lowest BCUT2D eigenvalue weighted by Gasteiger charge is -2.36. The maximum atomic E-state index is 9.99. The molecule has 0 radical (unpaired) electrons. The number of fused-ring (bicyclic) bond motifs is 1. The summed E-state index contributed by atoms with van der Waals surface area (Å²) in [5.74, 6) is 1.71. The van der Waals surface area contributed by atoms with Crippen molar-refractivity contribution in [3.05, 3.63) is 30.0 Å². The monoisotopic (exact) mass is 261 g/mol. The Hall–Kier alpha value is -1.52. The van der Waals surface area contributed by atoms with Crippen LogP contribution in [0.15, 0.2) is 28.7 Å². The van der Waals surface area contributed by atoms with Crippen LogP contribution in [0.4, 0.5) is 0 Å². The Kier molecular flexibility index (Phi) is 3.21. The molecule has 0 unspecified atom stereocenters. The van der Waals surface area contributed by atoms with Gasteiger partial charge in [0.05, 0.1) is 19.3 Å². The van der Waals surface area contributed by atoms with E-state index in [2.05, 4.69) is 5.32 Å². The van der Waals surface area contributed by atoms with Gasteiger partial charge in [-0.3, -0.25) is 0 Å². The van der Waals surface area contributed by atoms with Crippen molar-refractivity contribution in [2.75, 3.05) is 13.7 Å². The Labute approximate surface area is 112 Å². The minimum absolute atomic E-state index is 0.491. The van der Waals surface area contributed by atoms with Crippen LogP contribution in [0.3, 0.4) is 0 Å². The van der Waals surface area contributed by atoms with Crippen molar-refractivity contribution in [1.29, 1.82) is 0 Å². The van der Waals surface area contributed by atoms with E-state index in [-0.39, 0.29) is 0 Å². The zero-order valence-corrected chi connectivity index (χ0v) is 11.1. The van der Waals surface area contributed by atoms with Crippen LogP contribution in [-0.4, -0.2) is 24.4 Å². The number of aliphatic hydroxyl groups is 1. The average Bonchev–Trinajstić information content (AvgIpc) is 2.78. The number of rotatable bonds is 5. The summed E-state index contributed by atoms with van der Waals surface area (Å²) in [5.41, 5.74) is 0.370. The van der Waals surface area contributed by atoms with Gasteiger partial charge < -0.3 is 19.6 Å². The Balaban J connectivity index is 1.64. The molecule has 0 spiro atoms. The lowest BCUT2D eigenvalue weighted by molar-refractivity contribution is -0.0317. The second-order valence-electron chi connectivity index (χ2n) is 5.30. The van der Waals surface area contributed by atoms with Gasteiger partial charge in [0.25, 0.3) is 0 Å². The number of ether oxygens (including phenoxy) is 1. The SMILES string of the molecule is COc1ccc2oc(CNCC3(O)CCC3)cc2c1. The molecule has 2 N–H and O–H groups in total. The molecule has 0 aliphatic heterocycles. The highest BCUT2D eigenvalue weighted by Crippen LogP contribution is 2.30. The smallest absolute Gasteiger partial charge is 0.134 e. The Morgan fingerprint density at radius 2 is 2.21 bits per heavy atom. The maximum Gasteiger partial charge on any atom is 0.134 e. The van der Waals surface area contributed by atoms with Gasteiger partial charge in [-0.05, 0) is 43.5 Å². The third-order valence-electron chi connectivity index (χ3n) is 3.81. The molecular formula is C15H19NO3. The van der Waals surface area contributed by atoms with Gasteiger partial charge in [-0.1, -0.05) is 0 Å². The van der Waals surface area contributed by atoms with Gasteiger partial charge in [0.1, 0.15) is 17.1 Å². The Morgan fingerprint density at radius 1 is 1.37 bits per heavy atom. The molecule has 1 aromatic heterocycles. The fraction of sp³-hybridized carbons (Fsp3) is 0.467. The summed E-state index contributed by atoms with van der Waals surface area (Å²) in [6.45, 7) is 1.27. The predicted octanol–water partition coefficient (Wildman–Crippen LogP) is 2.45. The van der Waals surface area contributed by atoms with Crippen molar-refractivity contribution in [3.8, 4) is 5.75 Å². The molecule has 0 atom stereocenters. The van der Waals surface area contributed by atoms with Gasteiger partial charge in [0.15, 0.2) is 0 Å². The van der Waals surface area contributed by atoms with Crippen LogP contribution in [0.25, 0.3) is 11.0 Å². The van der Waals surface area contributed by atoms with Gasteiger partial charge in [-0.2, -0.15) is 0 Å².